The number of benzene rings is 2. The number of aromatic nitrogens is 2. The number of halogens is 1. The largest absolute Gasteiger partial charge is 0.493 e. The Morgan fingerprint density at radius 2 is 1.82 bits per heavy atom. The molecule has 0 radical (unpaired) electrons. The van der Waals surface area contributed by atoms with Crippen molar-refractivity contribution in [2.24, 2.45) is 0 Å². The zero-order valence-corrected chi connectivity index (χ0v) is 20.7. The molecule has 2 aromatic heterocycles. The molecule has 2 aromatic carbocycles. The predicted molar refractivity (Wildman–Crippen MR) is 137 cm³/mol. The van der Waals surface area contributed by atoms with Crippen LogP contribution in [0, 0.1) is 0 Å². The molecule has 1 N–H and O–H groups in total. The number of hydrogen-bond donors (Lipinski definition) is 1. The normalized spacial score (nSPS) is 14.3. The minimum Gasteiger partial charge on any atom is -0.493 e. The highest BCUT2D eigenvalue weighted by molar-refractivity contribution is 9.10. The fourth-order valence-corrected chi connectivity index (χ4v) is 4.76. The molecule has 3 heterocycles. The first kappa shape index (κ1) is 22.3. The summed E-state index contributed by atoms with van der Waals surface area (Å²) in [4.78, 5) is 22.1. The van der Waals surface area contributed by atoms with E-state index in [0.717, 1.165) is 39.8 Å². The highest BCUT2D eigenvalue weighted by atomic mass is 79.9. The van der Waals surface area contributed by atoms with Crippen LogP contribution in [0.25, 0.3) is 16.6 Å². The molecule has 0 saturated carbocycles. The van der Waals surface area contributed by atoms with Crippen LogP contribution in [-0.4, -0.2) is 60.7 Å². The first-order chi connectivity index (χ1) is 16.6. The van der Waals surface area contributed by atoms with Gasteiger partial charge in [-0.3, -0.25) is 0 Å². The fraction of sp³-hybridized carbons (Fsp3) is 0.280. The van der Waals surface area contributed by atoms with Crippen LogP contribution in [0.3, 0.4) is 0 Å². The summed E-state index contributed by atoms with van der Waals surface area (Å²) >= 11 is 3.56. The zero-order chi connectivity index (χ0) is 23.7. The van der Waals surface area contributed by atoms with E-state index in [1.54, 1.807) is 26.4 Å². The number of anilines is 2. The van der Waals surface area contributed by atoms with E-state index >= 15 is 0 Å². The number of amides is 2. The maximum atomic E-state index is 13.0. The third-order valence-electron chi connectivity index (χ3n) is 6.12. The highest BCUT2D eigenvalue weighted by Gasteiger charge is 2.22. The third kappa shape index (κ3) is 4.23. The van der Waals surface area contributed by atoms with E-state index in [2.05, 4.69) is 48.9 Å². The van der Waals surface area contributed by atoms with Crippen molar-refractivity contribution in [3.8, 4) is 11.5 Å². The van der Waals surface area contributed by atoms with Gasteiger partial charge in [0, 0.05) is 48.6 Å². The van der Waals surface area contributed by atoms with Crippen molar-refractivity contribution in [2.75, 3.05) is 50.6 Å². The van der Waals surface area contributed by atoms with Crippen LogP contribution >= 0.6 is 15.9 Å². The molecule has 0 bridgehead atoms. The standard InChI is InChI=1S/C25H26BrN5O3/c1-33-22-9-7-18(16-23(22)34-2)27-25(32)30-11-4-10-29(13-14-30)24-21-5-3-12-31(21)20-8-6-17(26)15-19(20)28-24/h3,5-9,12,15-16H,4,10-11,13-14H2,1-2H3,(H,27,32). The topological polar surface area (TPSA) is 71.3 Å². The van der Waals surface area contributed by atoms with Gasteiger partial charge in [-0.2, -0.15) is 0 Å². The fourth-order valence-electron chi connectivity index (χ4n) is 4.42. The van der Waals surface area contributed by atoms with Crippen molar-refractivity contribution in [3.63, 3.8) is 0 Å². The van der Waals surface area contributed by atoms with E-state index in [9.17, 15) is 4.79 Å². The molecule has 4 aromatic rings. The van der Waals surface area contributed by atoms with Crippen molar-refractivity contribution < 1.29 is 14.3 Å². The number of hydrogen-bond acceptors (Lipinski definition) is 5. The van der Waals surface area contributed by atoms with E-state index < -0.39 is 0 Å². The van der Waals surface area contributed by atoms with Gasteiger partial charge in [0.2, 0.25) is 0 Å². The second-order valence-electron chi connectivity index (χ2n) is 8.16. The number of urea groups is 1. The summed E-state index contributed by atoms with van der Waals surface area (Å²) in [5.74, 6) is 2.14. The van der Waals surface area contributed by atoms with E-state index in [4.69, 9.17) is 14.5 Å². The molecule has 5 rings (SSSR count). The molecule has 2 amide bonds. The van der Waals surface area contributed by atoms with Crippen LogP contribution in [-0.2, 0) is 0 Å². The maximum absolute atomic E-state index is 13.0. The SMILES string of the molecule is COc1ccc(NC(=O)N2CCCN(c3nc4cc(Br)ccc4n4cccc34)CC2)cc1OC. The second kappa shape index (κ2) is 9.42. The average molecular weight is 524 g/mol. The van der Waals surface area contributed by atoms with Gasteiger partial charge in [-0.05, 0) is 48.9 Å². The van der Waals surface area contributed by atoms with Gasteiger partial charge >= 0.3 is 6.03 Å². The second-order valence-corrected chi connectivity index (χ2v) is 9.08. The molecular weight excluding hydrogens is 498 g/mol. The summed E-state index contributed by atoms with van der Waals surface area (Å²) in [7, 11) is 3.17. The van der Waals surface area contributed by atoms with Crippen molar-refractivity contribution in [1.82, 2.24) is 14.3 Å². The Morgan fingerprint density at radius 1 is 0.971 bits per heavy atom. The minimum atomic E-state index is -0.127. The number of ether oxygens (including phenoxy) is 2. The molecule has 8 nitrogen and oxygen atoms in total. The van der Waals surface area contributed by atoms with Crippen molar-refractivity contribution in [2.45, 2.75) is 6.42 Å². The lowest BCUT2D eigenvalue weighted by atomic mass is 10.2. The Balaban J connectivity index is 1.34. The maximum Gasteiger partial charge on any atom is 0.321 e. The van der Waals surface area contributed by atoms with Crippen molar-refractivity contribution >= 4 is 50.0 Å². The Bertz CT molecular complexity index is 1360. The Kier molecular flexibility index (Phi) is 6.19. The van der Waals surface area contributed by atoms with Gasteiger partial charge in [0.05, 0.1) is 30.8 Å². The van der Waals surface area contributed by atoms with E-state index in [1.165, 1.54) is 0 Å². The molecular formula is C25H26BrN5O3. The zero-order valence-electron chi connectivity index (χ0n) is 19.1. The lowest BCUT2D eigenvalue weighted by Crippen LogP contribution is -2.38. The predicted octanol–water partition coefficient (Wildman–Crippen LogP) is 5.01. The van der Waals surface area contributed by atoms with Gasteiger partial charge in [0.25, 0.3) is 0 Å². The number of carbonyl (C=O) groups excluding carboxylic acids is 1. The van der Waals surface area contributed by atoms with Crippen molar-refractivity contribution in [1.29, 1.82) is 0 Å². The summed E-state index contributed by atoms with van der Waals surface area (Å²) in [6.07, 6.45) is 2.92. The molecule has 0 atom stereocenters. The number of nitrogens with one attached hydrogen (secondary N) is 1. The molecule has 0 unspecified atom stereocenters. The third-order valence-corrected chi connectivity index (χ3v) is 6.61. The number of methoxy groups -OCH3 is 2. The summed E-state index contributed by atoms with van der Waals surface area (Å²) in [6.45, 7) is 2.80. The van der Waals surface area contributed by atoms with Crippen molar-refractivity contribution in [3.05, 3.63) is 59.2 Å². The van der Waals surface area contributed by atoms with Gasteiger partial charge < -0.3 is 29.0 Å². The summed E-state index contributed by atoms with van der Waals surface area (Å²) < 4.78 is 13.8. The van der Waals surface area contributed by atoms with Crippen LogP contribution < -0.4 is 19.7 Å². The van der Waals surface area contributed by atoms with Gasteiger partial charge in [0.1, 0.15) is 0 Å². The lowest BCUT2D eigenvalue weighted by Gasteiger charge is -2.24. The average Bonchev–Trinajstić information content (AvgIpc) is 3.21. The van der Waals surface area contributed by atoms with Crippen LogP contribution in [0.4, 0.5) is 16.3 Å². The minimum absolute atomic E-state index is 0.127. The van der Waals surface area contributed by atoms with E-state index in [-0.39, 0.29) is 6.03 Å². The Hall–Kier alpha value is -3.46. The first-order valence-electron chi connectivity index (χ1n) is 11.2. The van der Waals surface area contributed by atoms with Crippen LogP contribution in [0.15, 0.2) is 59.2 Å². The number of fused-ring (bicyclic) bond motifs is 3. The molecule has 176 valence electrons. The number of carbonyl (C=O) groups is 1. The molecule has 1 saturated heterocycles. The van der Waals surface area contributed by atoms with Gasteiger partial charge in [-0.15, -0.1) is 0 Å². The lowest BCUT2D eigenvalue weighted by molar-refractivity contribution is 0.215. The molecule has 0 spiro atoms. The van der Waals surface area contributed by atoms with Gasteiger partial charge in [0.15, 0.2) is 17.3 Å². The summed E-state index contributed by atoms with van der Waals surface area (Å²) in [5.41, 5.74) is 3.73. The molecule has 1 aliphatic rings. The monoisotopic (exact) mass is 523 g/mol. The molecule has 1 fully saturated rings. The van der Waals surface area contributed by atoms with Gasteiger partial charge in [-0.1, -0.05) is 15.9 Å². The number of rotatable bonds is 4. The van der Waals surface area contributed by atoms with E-state index in [1.807, 2.05) is 29.2 Å². The van der Waals surface area contributed by atoms with Gasteiger partial charge in [-0.25, -0.2) is 9.78 Å². The smallest absolute Gasteiger partial charge is 0.321 e. The van der Waals surface area contributed by atoms with E-state index in [0.29, 0.717) is 36.8 Å². The molecule has 9 heteroatoms. The van der Waals surface area contributed by atoms with Crippen LogP contribution in [0.1, 0.15) is 6.42 Å². The van der Waals surface area contributed by atoms with Crippen LogP contribution in [0.5, 0.6) is 11.5 Å². The quantitative estimate of drug-likeness (QED) is 0.407. The Labute approximate surface area is 206 Å². The molecule has 1 aliphatic heterocycles. The molecule has 0 aliphatic carbocycles. The first-order valence-corrected chi connectivity index (χ1v) is 12.0. The van der Waals surface area contributed by atoms with Crippen LogP contribution in [0.2, 0.25) is 0 Å². The number of nitrogens with zero attached hydrogens (tertiary/aromatic N) is 4. The summed E-state index contributed by atoms with van der Waals surface area (Å²) in [6, 6.07) is 15.5. The summed E-state index contributed by atoms with van der Waals surface area (Å²) in [5, 5.41) is 2.98. The Morgan fingerprint density at radius 3 is 2.65 bits per heavy atom. The highest BCUT2D eigenvalue weighted by Crippen LogP contribution is 2.30. The molecule has 34 heavy (non-hydrogen) atoms.